The fraction of sp³-hybridized carbons (Fsp3) is 0.381. The Balaban J connectivity index is 1.52. The summed E-state index contributed by atoms with van der Waals surface area (Å²) in [5.74, 6) is 0.190. The number of amides is 1. The summed E-state index contributed by atoms with van der Waals surface area (Å²) < 4.78 is 27.4. The normalized spacial score (nSPS) is 14.2. The van der Waals surface area contributed by atoms with Crippen LogP contribution in [-0.2, 0) is 29.4 Å². The van der Waals surface area contributed by atoms with Gasteiger partial charge < -0.3 is 5.32 Å². The van der Waals surface area contributed by atoms with Gasteiger partial charge in [-0.2, -0.15) is 5.10 Å². The van der Waals surface area contributed by atoms with Gasteiger partial charge in [0.25, 0.3) is 5.91 Å². The monoisotopic (exact) mass is 427 g/mol. The number of hydrogen-bond acceptors (Lipinski definition) is 5. The molecule has 0 bridgehead atoms. The zero-order valence-electron chi connectivity index (χ0n) is 17.3. The van der Waals surface area contributed by atoms with Crippen LogP contribution in [-0.4, -0.2) is 36.1 Å². The standard InChI is InChI=1S/C21H25N5O3S/c1-13-19-17(10-18(16-8-9-16)24-20(19)26(3)25-13)21(27)23-11-14-4-6-15(7-5-14)12-30(28,29)22-2/h4-7,10,16,22H,8-9,11-12H2,1-3H3,(H,23,27). The van der Waals surface area contributed by atoms with Crippen molar-refractivity contribution in [1.29, 1.82) is 0 Å². The SMILES string of the molecule is CNS(=O)(=O)Cc1ccc(CNC(=O)c2cc(C3CC3)nc3c2c(C)nn3C)cc1. The second-order valence-electron chi connectivity index (χ2n) is 7.74. The molecule has 1 aliphatic carbocycles. The zero-order chi connectivity index (χ0) is 21.5. The quantitative estimate of drug-likeness (QED) is 0.601. The lowest BCUT2D eigenvalue weighted by atomic mass is 10.1. The number of carbonyl (C=O) groups is 1. The molecule has 3 aromatic rings. The number of carbonyl (C=O) groups excluding carboxylic acids is 1. The first-order chi connectivity index (χ1) is 14.3. The van der Waals surface area contributed by atoms with E-state index >= 15 is 0 Å². The predicted molar refractivity (Wildman–Crippen MR) is 115 cm³/mol. The summed E-state index contributed by atoms with van der Waals surface area (Å²) in [7, 11) is -0.0692. The smallest absolute Gasteiger partial charge is 0.252 e. The summed E-state index contributed by atoms with van der Waals surface area (Å²) in [4.78, 5) is 17.7. The molecule has 30 heavy (non-hydrogen) atoms. The lowest BCUT2D eigenvalue weighted by molar-refractivity contribution is 0.0952. The van der Waals surface area contributed by atoms with Crippen LogP contribution in [0.2, 0.25) is 0 Å². The van der Waals surface area contributed by atoms with Crippen LogP contribution < -0.4 is 10.0 Å². The van der Waals surface area contributed by atoms with E-state index in [2.05, 4.69) is 15.1 Å². The predicted octanol–water partition coefficient (Wildman–Crippen LogP) is 2.13. The topological polar surface area (TPSA) is 106 Å². The van der Waals surface area contributed by atoms with Crippen LogP contribution in [0, 0.1) is 6.92 Å². The Labute approximate surface area is 175 Å². The average Bonchev–Trinajstić information content (AvgIpc) is 3.53. The van der Waals surface area contributed by atoms with Gasteiger partial charge in [0.1, 0.15) is 0 Å². The van der Waals surface area contributed by atoms with E-state index in [1.165, 1.54) is 7.05 Å². The van der Waals surface area contributed by atoms with Crippen molar-refractivity contribution in [3.63, 3.8) is 0 Å². The van der Waals surface area contributed by atoms with Gasteiger partial charge in [0.05, 0.1) is 22.4 Å². The van der Waals surface area contributed by atoms with Gasteiger partial charge in [0.15, 0.2) is 5.65 Å². The number of rotatable bonds is 7. The summed E-state index contributed by atoms with van der Waals surface area (Å²) in [6.45, 7) is 2.23. The molecule has 2 aromatic heterocycles. The van der Waals surface area contributed by atoms with Crippen LogP contribution in [0.3, 0.4) is 0 Å². The van der Waals surface area contributed by atoms with Gasteiger partial charge in [-0.25, -0.2) is 18.1 Å². The number of nitrogens with zero attached hydrogens (tertiary/aromatic N) is 3. The summed E-state index contributed by atoms with van der Waals surface area (Å²) in [6.07, 6.45) is 2.21. The van der Waals surface area contributed by atoms with Gasteiger partial charge in [0.2, 0.25) is 10.0 Å². The van der Waals surface area contributed by atoms with Gasteiger partial charge in [-0.15, -0.1) is 0 Å². The molecular formula is C21H25N5O3S. The maximum absolute atomic E-state index is 13.0. The molecule has 0 aliphatic heterocycles. The summed E-state index contributed by atoms with van der Waals surface area (Å²) in [5.41, 5.74) is 4.65. The zero-order valence-corrected chi connectivity index (χ0v) is 18.1. The number of fused-ring (bicyclic) bond motifs is 1. The molecule has 8 nitrogen and oxygen atoms in total. The molecule has 4 rings (SSSR count). The van der Waals surface area contributed by atoms with Crippen LogP contribution in [0.15, 0.2) is 30.3 Å². The first-order valence-corrected chi connectivity index (χ1v) is 11.5. The molecule has 0 spiro atoms. The van der Waals surface area contributed by atoms with E-state index in [9.17, 15) is 13.2 Å². The average molecular weight is 428 g/mol. The van der Waals surface area contributed by atoms with E-state index in [-0.39, 0.29) is 11.7 Å². The Kier molecular flexibility index (Phi) is 5.33. The van der Waals surface area contributed by atoms with E-state index in [1.807, 2.05) is 32.2 Å². The number of sulfonamides is 1. The van der Waals surface area contributed by atoms with Crippen LogP contribution in [0.25, 0.3) is 11.0 Å². The van der Waals surface area contributed by atoms with Crippen LogP contribution >= 0.6 is 0 Å². The number of benzene rings is 1. The molecule has 2 heterocycles. The number of pyridine rings is 1. The summed E-state index contributed by atoms with van der Waals surface area (Å²) >= 11 is 0. The third-order valence-electron chi connectivity index (χ3n) is 5.37. The molecule has 158 valence electrons. The molecule has 2 N–H and O–H groups in total. The van der Waals surface area contributed by atoms with Gasteiger partial charge in [-0.3, -0.25) is 9.48 Å². The Bertz CT molecular complexity index is 1210. The highest BCUT2D eigenvalue weighted by Crippen LogP contribution is 2.40. The highest BCUT2D eigenvalue weighted by Gasteiger charge is 2.28. The maximum Gasteiger partial charge on any atom is 0.252 e. The number of aryl methyl sites for hydroxylation is 2. The van der Waals surface area contributed by atoms with Crippen molar-refractivity contribution in [2.75, 3.05) is 7.05 Å². The van der Waals surface area contributed by atoms with Gasteiger partial charge in [-0.1, -0.05) is 24.3 Å². The van der Waals surface area contributed by atoms with Crippen molar-refractivity contribution >= 4 is 27.0 Å². The Morgan fingerprint density at radius 2 is 1.87 bits per heavy atom. The summed E-state index contributed by atoms with van der Waals surface area (Å²) in [6, 6.07) is 9.08. The first kappa shape index (κ1) is 20.5. The van der Waals surface area contributed by atoms with E-state index in [0.717, 1.165) is 40.8 Å². The van der Waals surface area contributed by atoms with E-state index in [1.54, 1.807) is 16.8 Å². The highest BCUT2D eigenvalue weighted by molar-refractivity contribution is 7.88. The van der Waals surface area contributed by atoms with Crippen LogP contribution in [0.1, 0.15) is 51.6 Å². The minimum absolute atomic E-state index is 0.0740. The van der Waals surface area contributed by atoms with E-state index in [0.29, 0.717) is 23.6 Å². The second kappa shape index (κ2) is 7.81. The molecule has 0 unspecified atom stereocenters. The molecule has 1 saturated carbocycles. The largest absolute Gasteiger partial charge is 0.348 e. The van der Waals surface area contributed by atoms with Crippen LogP contribution in [0.4, 0.5) is 0 Å². The lowest BCUT2D eigenvalue weighted by Gasteiger charge is -2.10. The number of aromatic nitrogens is 3. The van der Waals surface area contributed by atoms with E-state index in [4.69, 9.17) is 4.98 Å². The molecule has 1 aliphatic rings. The van der Waals surface area contributed by atoms with Crippen molar-refractivity contribution in [1.82, 2.24) is 24.8 Å². The van der Waals surface area contributed by atoms with Crippen molar-refractivity contribution in [2.45, 2.75) is 38.0 Å². The third-order valence-corrected chi connectivity index (χ3v) is 6.71. The Hall–Kier alpha value is -2.78. The first-order valence-electron chi connectivity index (χ1n) is 9.89. The molecular weight excluding hydrogens is 402 g/mol. The molecule has 1 fully saturated rings. The highest BCUT2D eigenvalue weighted by atomic mass is 32.2. The molecule has 0 radical (unpaired) electrons. The van der Waals surface area contributed by atoms with Crippen molar-refractivity contribution in [3.8, 4) is 0 Å². The molecule has 0 saturated heterocycles. The third kappa shape index (κ3) is 4.22. The molecule has 1 amide bonds. The number of hydrogen-bond donors (Lipinski definition) is 2. The van der Waals surface area contributed by atoms with Crippen molar-refractivity contribution < 1.29 is 13.2 Å². The fourth-order valence-electron chi connectivity index (χ4n) is 3.55. The lowest BCUT2D eigenvalue weighted by Crippen LogP contribution is -2.23. The fourth-order valence-corrected chi connectivity index (χ4v) is 4.33. The van der Waals surface area contributed by atoms with Gasteiger partial charge in [-0.05, 0) is 44.0 Å². The van der Waals surface area contributed by atoms with Crippen LogP contribution in [0.5, 0.6) is 0 Å². The van der Waals surface area contributed by atoms with Crippen molar-refractivity contribution in [2.24, 2.45) is 7.05 Å². The molecule has 0 atom stereocenters. The molecule has 1 aromatic carbocycles. The van der Waals surface area contributed by atoms with Gasteiger partial charge >= 0.3 is 0 Å². The van der Waals surface area contributed by atoms with E-state index < -0.39 is 10.0 Å². The Morgan fingerprint density at radius 3 is 2.50 bits per heavy atom. The minimum atomic E-state index is -3.31. The number of nitrogens with one attached hydrogen (secondary N) is 2. The van der Waals surface area contributed by atoms with Crippen molar-refractivity contribution in [3.05, 3.63) is 58.4 Å². The molecule has 9 heteroatoms. The summed E-state index contributed by atoms with van der Waals surface area (Å²) in [5, 5.41) is 8.20. The maximum atomic E-state index is 13.0. The Morgan fingerprint density at radius 1 is 1.20 bits per heavy atom. The van der Waals surface area contributed by atoms with Gasteiger partial charge in [0, 0.05) is 25.2 Å². The minimum Gasteiger partial charge on any atom is -0.348 e. The second-order valence-corrected chi connectivity index (χ2v) is 9.67.